The van der Waals surface area contributed by atoms with Crippen molar-refractivity contribution in [1.82, 2.24) is 5.32 Å². The minimum Gasteiger partial charge on any atom is -0.491 e. The van der Waals surface area contributed by atoms with Crippen LogP contribution in [0.5, 0.6) is 5.75 Å². The summed E-state index contributed by atoms with van der Waals surface area (Å²) in [4.78, 5) is 11.9. The first-order valence-corrected chi connectivity index (χ1v) is 10.4. The molecule has 0 radical (unpaired) electrons. The number of fused-ring (bicyclic) bond motifs is 1. The molecule has 3 aromatic carbocycles. The van der Waals surface area contributed by atoms with E-state index in [0.29, 0.717) is 18.9 Å². The zero-order valence-electron chi connectivity index (χ0n) is 14.3. The van der Waals surface area contributed by atoms with E-state index < -0.39 is 0 Å². The van der Waals surface area contributed by atoms with Crippen LogP contribution < -0.4 is 10.1 Å². The van der Waals surface area contributed by atoms with E-state index >= 15 is 0 Å². The third kappa shape index (κ3) is 5.51. The molecule has 0 heterocycles. The van der Waals surface area contributed by atoms with Crippen LogP contribution in [-0.4, -0.2) is 24.8 Å². The van der Waals surface area contributed by atoms with Crippen molar-refractivity contribution in [1.29, 1.82) is 0 Å². The molecule has 26 heavy (non-hydrogen) atoms. The summed E-state index contributed by atoms with van der Waals surface area (Å²) in [7, 11) is 0. The molecular formula is C21H20BrNO2S. The predicted octanol–water partition coefficient (Wildman–Crippen LogP) is 5.03. The molecule has 3 rings (SSSR count). The second-order valence-corrected chi connectivity index (χ2v) is 7.70. The van der Waals surface area contributed by atoms with Gasteiger partial charge in [-0.05, 0) is 29.1 Å². The average Bonchev–Trinajstić information content (AvgIpc) is 2.67. The summed E-state index contributed by atoms with van der Waals surface area (Å²) >= 11 is 5.03. The van der Waals surface area contributed by atoms with Crippen LogP contribution in [0.1, 0.15) is 5.56 Å². The number of halogens is 1. The number of rotatable bonds is 8. The monoisotopic (exact) mass is 429 g/mol. The molecule has 3 aromatic rings. The summed E-state index contributed by atoms with van der Waals surface area (Å²) in [6.45, 7) is 0.956. The van der Waals surface area contributed by atoms with Gasteiger partial charge in [-0.25, -0.2) is 0 Å². The molecule has 3 nitrogen and oxygen atoms in total. The third-order valence-electron chi connectivity index (χ3n) is 3.85. The molecular weight excluding hydrogens is 410 g/mol. The van der Waals surface area contributed by atoms with E-state index in [-0.39, 0.29) is 5.91 Å². The van der Waals surface area contributed by atoms with Gasteiger partial charge in [-0.1, -0.05) is 64.5 Å². The van der Waals surface area contributed by atoms with Gasteiger partial charge in [0.05, 0.1) is 12.3 Å². The number of benzene rings is 3. The Bertz CT molecular complexity index is 862. The first kappa shape index (κ1) is 18.8. The first-order valence-electron chi connectivity index (χ1n) is 8.42. The van der Waals surface area contributed by atoms with Gasteiger partial charge in [0.25, 0.3) is 0 Å². The van der Waals surface area contributed by atoms with Crippen LogP contribution in [0.4, 0.5) is 0 Å². The fourth-order valence-corrected chi connectivity index (χ4v) is 3.65. The summed E-state index contributed by atoms with van der Waals surface area (Å²) in [6, 6.07) is 22.3. The fraction of sp³-hybridized carbons (Fsp3) is 0.190. The highest BCUT2D eigenvalue weighted by Gasteiger charge is 2.04. The van der Waals surface area contributed by atoms with E-state index in [0.717, 1.165) is 26.7 Å². The predicted molar refractivity (Wildman–Crippen MR) is 113 cm³/mol. The molecule has 0 aromatic heterocycles. The number of amides is 1. The van der Waals surface area contributed by atoms with E-state index in [9.17, 15) is 4.79 Å². The van der Waals surface area contributed by atoms with Crippen LogP contribution in [0.2, 0.25) is 0 Å². The zero-order chi connectivity index (χ0) is 18.2. The molecule has 0 aliphatic rings. The van der Waals surface area contributed by atoms with Gasteiger partial charge >= 0.3 is 0 Å². The Hall–Kier alpha value is -1.98. The highest BCUT2D eigenvalue weighted by Crippen LogP contribution is 2.24. The number of thioether (sulfide) groups is 1. The van der Waals surface area contributed by atoms with Crippen LogP contribution in [0, 0.1) is 0 Å². The quantitative estimate of drug-likeness (QED) is 0.510. The molecule has 0 saturated carbocycles. The topological polar surface area (TPSA) is 38.3 Å². The van der Waals surface area contributed by atoms with E-state index in [1.54, 1.807) is 11.8 Å². The molecule has 0 fully saturated rings. The second kappa shape index (κ2) is 9.64. The van der Waals surface area contributed by atoms with E-state index in [1.807, 2.05) is 42.5 Å². The lowest BCUT2D eigenvalue weighted by Gasteiger charge is -2.10. The van der Waals surface area contributed by atoms with Gasteiger partial charge in [-0.3, -0.25) is 4.79 Å². The number of carbonyl (C=O) groups is 1. The molecule has 0 aliphatic heterocycles. The normalized spacial score (nSPS) is 10.7. The molecule has 1 N–H and O–H groups in total. The van der Waals surface area contributed by atoms with Crippen LogP contribution in [0.15, 0.2) is 71.2 Å². The molecule has 0 spiro atoms. The van der Waals surface area contributed by atoms with Gasteiger partial charge in [0.15, 0.2) is 0 Å². The van der Waals surface area contributed by atoms with Gasteiger partial charge in [0.1, 0.15) is 12.4 Å². The molecule has 1 amide bonds. The van der Waals surface area contributed by atoms with Crippen LogP contribution in [0.25, 0.3) is 10.8 Å². The van der Waals surface area contributed by atoms with Crippen molar-refractivity contribution in [3.05, 3.63) is 76.8 Å². The lowest BCUT2D eigenvalue weighted by molar-refractivity contribution is -0.118. The highest BCUT2D eigenvalue weighted by atomic mass is 79.9. The van der Waals surface area contributed by atoms with E-state index in [2.05, 4.69) is 45.5 Å². The molecule has 0 saturated heterocycles. The fourth-order valence-electron chi connectivity index (χ4n) is 2.57. The Balaban J connectivity index is 1.36. The third-order valence-corrected chi connectivity index (χ3v) is 5.38. The van der Waals surface area contributed by atoms with Crippen molar-refractivity contribution in [2.45, 2.75) is 5.75 Å². The molecule has 0 atom stereocenters. The standard InChI is InChI=1S/C21H20BrNO2S/c22-18-10-8-16(9-11-18)14-26-15-21(24)23-12-13-25-20-7-3-5-17-4-1-2-6-19(17)20/h1-11H,12-15H2,(H,23,24). The second-order valence-electron chi connectivity index (χ2n) is 5.79. The van der Waals surface area contributed by atoms with Crippen molar-refractivity contribution in [3.8, 4) is 5.75 Å². The van der Waals surface area contributed by atoms with Gasteiger partial charge < -0.3 is 10.1 Å². The summed E-state index contributed by atoms with van der Waals surface area (Å²) in [5, 5.41) is 5.14. The molecule has 0 bridgehead atoms. The summed E-state index contributed by atoms with van der Waals surface area (Å²) in [5.41, 5.74) is 1.21. The van der Waals surface area contributed by atoms with Crippen molar-refractivity contribution in [3.63, 3.8) is 0 Å². The number of hydrogen-bond acceptors (Lipinski definition) is 3. The molecule has 134 valence electrons. The Morgan fingerprint density at radius 3 is 2.62 bits per heavy atom. The lowest BCUT2D eigenvalue weighted by Crippen LogP contribution is -2.29. The van der Waals surface area contributed by atoms with Crippen molar-refractivity contribution in [2.24, 2.45) is 0 Å². The Labute approximate surface area is 166 Å². The van der Waals surface area contributed by atoms with Gasteiger partial charge in [0, 0.05) is 15.6 Å². The lowest BCUT2D eigenvalue weighted by atomic mass is 10.1. The van der Waals surface area contributed by atoms with E-state index in [4.69, 9.17) is 4.74 Å². The largest absolute Gasteiger partial charge is 0.491 e. The van der Waals surface area contributed by atoms with Crippen molar-refractivity contribution < 1.29 is 9.53 Å². The van der Waals surface area contributed by atoms with Gasteiger partial charge in [-0.15, -0.1) is 11.8 Å². The summed E-state index contributed by atoms with van der Waals surface area (Å²) < 4.78 is 6.89. The Morgan fingerprint density at radius 1 is 1.00 bits per heavy atom. The molecule has 0 aliphatic carbocycles. The van der Waals surface area contributed by atoms with Gasteiger partial charge in [-0.2, -0.15) is 0 Å². The number of ether oxygens (including phenoxy) is 1. The first-order chi connectivity index (χ1) is 12.7. The Morgan fingerprint density at radius 2 is 1.77 bits per heavy atom. The number of hydrogen-bond donors (Lipinski definition) is 1. The average molecular weight is 430 g/mol. The number of nitrogens with one attached hydrogen (secondary N) is 1. The molecule has 0 unspecified atom stereocenters. The maximum absolute atomic E-state index is 11.9. The summed E-state index contributed by atoms with van der Waals surface area (Å²) in [6.07, 6.45) is 0. The smallest absolute Gasteiger partial charge is 0.230 e. The van der Waals surface area contributed by atoms with E-state index in [1.165, 1.54) is 5.56 Å². The number of carbonyl (C=O) groups excluding carboxylic acids is 1. The minimum absolute atomic E-state index is 0.0358. The Kier molecular flexibility index (Phi) is 6.97. The van der Waals surface area contributed by atoms with Crippen molar-refractivity contribution in [2.75, 3.05) is 18.9 Å². The van der Waals surface area contributed by atoms with Crippen LogP contribution >= 0.6 is 27.7 Å². The maximum Gasteiger partial charge on any atom is 0.230 e. The molecule has 5 heteroatoms. The highest BCUT2D eigenvalue weighted by molar-refractivity contribution is 9.10. The van der Waals surface area contributed by atoms with Crippen LogP contribution in [-0.2, 0) is 10.5 Å². The van der Waals surface area contributed by atoms with Crippen molar-refractivity contribution >= 4 is 44.4 Å². The van der Waals surface area contributed by atoms with Crippen LogP contribution in [0.3, 0.4) is 0 Å². The minimum atomic E-state index is 0.0358. The maximum atomic E-state index is 11.9. The SMILES string of the molecule is O=C(CSCc1ccc(Br)cc1)NCCOc1cccc2ccccc12. The zero-order valence-corrected chi connectivity index (χ0v) is 16.7. The summed E-state index contributed by atoms with van der Waals surface area (Å²) in [5.74, 6) is 2.16. The van der Waals surface area contributed by atoms with Gasteiger partial charge in [0.2, 0.25) is 5.91 Å².